The van der Waals surface area contributed by atoms with E-state index in [0.29, 0.717) is 24.9 Å². The van der Waals surface area contributed by atoms with Crippen LogP contribution < -0.4 is 5.32 Å². The van der Waals surface area contributed by atoms with Gasteiger partial charge in [-0.1, -0.05) is 13.8 Å². The third kappa shape index (κ3) is 4.40. The third-order valence-electron chi connectivity index (χ3n) is 3.74. The predicted molar refractivity (Wildman–Crippen MR) is 71.1 cm³/mol. The lowest BCUT2D eigenvalue weighted by Crippen LogP contribution is -2.47. The van der Waals surface area contributed by atoms with Crippen LogP contribution in [0.1, 0.15) is 26.7 Å². The molecule has 2 unspecified atom stereocenters. The van der Waals surface area contributed by atoms with E-state index in [0.717, 1.165) is 0 Å². The van der Waals surface area contributed by atoms with Crippen LogP contribution in [-0.4, -0.2) is 54.2 Å². The molecule has 0 aromatic heterocycles. The first kappa shape index (κ1) is 16.3. The van der Waals surface area contributed by atoms with Gasteiger partial charge in [-0.15, -0.1) is 0 Å². The van der Waals surface area contributed by atoms with Gasteiger partial charge >= 0.3 is 18.0 Å². The summed E-state index contributed by atoms with van der Waals surface area (Å²) in [6, 6.07) is -1.47. The number of esters is 1. The summed E-state index contributed by atoms with van der Waals surface area (Å²) in [5, 5.41) is 11.5. The smallest absolute Gasteiger partial charge is 0.326 e. The molecule has 1 rings (SSSR count). The molecule has 0 saturated carbocycles. The second kappa shape index (κ2) is 7.12. The molecule has 0 aromatic carbocycles. The maximum absolute atomic E-state index is 12.0. The molecule has 1 aliphatic heterocycles. The van der Waals surface area contributed by atoms with Gasteiger partial charge in [0.05, 0.1) is 7.11 Å². The van der Waals surface area contributed by atoms with Gasteiger partial charge < -0.3 is 20.1 Å². The Morgan fingerprint density at radius 2 is 1.85 bits per heavy atom. The second-order valence-electron chi connectivity index (χ2n) is 5.31. The predicted octanol–water partition coefficient (Wildman–Crippen LogP) is 0.690. The van der Waals surface area contributed by atoms with E-state index in [4.69, 9.17) is 5.11 Å². The number of carboxylic acid groups (broad SMARTS) is 1. The van der Waals surface area contributed by atoms with Gasteiger partial charge in [0, 0.05) is 19.5 Å². The zero-order valence-electron chi connectivity index (χ0n) is 12.1. The highest BCUT2D eigenvalue weighted by atomic mass is 16.5. The lowest BCUT2D eigenvalue weighted by atomic mass is 10.0. The summed E-state index contributed by atoms with van der Waals surface area (Å²) < 4.78 is 4.46. The molecule has 0 bridgehead atoms. The highest BCUT2D eigenvalue weighted by Gasteiger charge is 2.31. The fourth-order valence-electron chi connectivity index (χ4n) is 2.16. The van der Waals surface area contributed by atoms with Crippen molar-refractivity contribution >= 4 is 18.0 Å². The zero-order chi connectivity index (χ0) is 15.3. The molecule has 1 fully saturated rings. The van der Waals surface area contributed by atoms with E-state index in [-0.39, 0.29) is 12.8 Å². The topological polar surface area (TPSA) is 95.9 Å². The number of likely N-dealkylation sites (tertiary alicyclic amines) is 1. The Kier molecular flexibility index (Phi) is 5.79. The van der Waals surface area contributed by atoms with E-state index in [2.05, 4.69) is 23.9 Å². The second-order valence-corrected chi connectivity index (χ2v) is 5.31. The number of carboxylic acids is 1. The summed E-state index contributed by atoms with van der Waals surface area (Å²) in [6.07, 6.45) is -0.0206. The first-order chi connectivity index (χ1) is 9.35. The minimum atomic E-state index is -1.15. The molecule has 2 N–H and O–H groups in total. The number of nitrogens with zero attached hydrogens (tertiary/aromatic N) is 1. The van der Waals surface area contributed by atoms with Gasteiger partial charge in [-0.2, -0.15) is 0 Å². The summed E-state index contributed by atoms with van der Waals surface area (Å²) in [7, 11) is 1.24. The lowest BCUT2D eigenvalue weighted by molar-refractivity contribution is -0.142. The first-order valence-corrected chi connectivity index (χ1v) is 6.70. The quantitative estimate of drug-likeness (QED) is 0.725. The van der Waals surface area contributed by atoms with Crippen LogP contribution in [-0.2, 0) is 14.3 Å². The molecule has 0 spiro atoms. The molecule has 0 aliphatic carbocycles. The number of carbonyl (C=O) groups is 3. The number of urea groups is 1. The van der Waals surface area contributed by atoms with Crippen molar-refractivity contribution in [1.29, 1.82) is 0 Å². The number of rotatable bonds is 5. The van der Waals surface area contributed by atoms with Crippen LogP contribution in [0.3, 0.4) is 0 Å². The summed E-state index contributed by atoms with van der Waals surface area (Å²) in [4.78, 5) is 35.7. The van der Waals surface area contributed by atoms with Crippen LogP contribution >= 0.6 is 0 Å². The average molecular weight is 286 g/mol. The zero-order valence-corrected chi connectivity index (χ0v) is 12.1. The standard InChI is InChI=1S/C13H22N2O5/c1-8-6-15(7-9(8)2)13(19)14-10(12(17)18)4-5-11(16)20-3/h8-10H,4-7H2,1-3H3,(H,14,19)(H,17,18)/t8?,9?,10-/m0/s1. The van der Waals surface area contributed by atoms with E-state index in [9.17, 15) is 14.4 Å². The van der Waals surface area contributed by atoms with Gasteiger partial charge in [-0.05, 0) is 18.3 Å². The number of hydrogen-bond donors (Lipinski definition) is 2. The molecule has 1 aliphatic rings. The SMILES string of the molecule is COC(=O)CC[C@H](NC(=O)N1CC(C)C(C)C1)C(=O)O. The minimum absolute atomic E-state index is 0.0205. The molecule has 7 heteroatoms. The Balaban J connectivity index is 2.51. The van der Waals surface area contributed by atoms with Crippen LogP contribution in [0.25, 0.3) is 0 Å². The fourth-order valence-corrected chi connectivity index (χ4v) is 2.16. The molecule has 0 aromatic rings. The number of methoxy groups -OCH3 is 1. The highest BCUT2D eigenvalue weighted by molar-refractivity contribution is 5.83. The van der Waals surface area contributed by atoms with Crippen LogP contribution in [0.4, 0.5) is 4.79 Å². The Labute approximate surface area is 118 Å². The number of ether oxygens (including phenoxy) is 1. The average Bonchev–Trinajstić information content (AvgIpc) is 2.73. The maximum Gasteiger partial charge on any atom is 0.326 e. The van der Waals surface area contributed by atoms with E-state index in [1.165, 1.54) is 7.11 Å². The molecule has 1 heterocycles. The van der Waals surface area contributed by atoms with Crippen molar-refractivity contribution in [2.45, 2.75) is 32.7 Å². The van der Waals surface area contributed by atoms with Crippen molar-refractivity contribution in [2.75, 3.05) is 20.2 Å². The molecule has 1 saturated heterocycles. The van der Waals surface area contributed by atoms with Crippen molar-refractivity contribution in [2.24, 2.45) is 11.8 Å². The van der Waals surface area contributed by atoms with Gasteiger partial charge in [0.1, 0.15) is 6.04 Å². The molecule has 2 amide bonds. The van der Waals surface area contributed by atoms with E-state index in [1.54, 1.807) is 4.90 Å². The number of aliphatic carboxylic acids is 1. The summed E-state index contributed by atoms with van der Waals surface area (Å²) in [6.45, 7) is 5.36. The number of carbonyl (C=O) groups excluding carboxylic acids is 2. The lowest BCUT2D eigenvalue weighted by Gasteiger charge is -2.20. The van der Waals surface area contributed by atoms with Crippen LogP contribution in [0, 0.1) is 11.8 Å². The van der Waals surface area contributed by atoms with E-state index < -0.39 is 24.0 Å². The van der Waals surface area contributed by atoms with Gasteiger partial charge in [-0.25, -0.2) is 9.59 Å². The summed E-state index contributed by atoms with van der Waals surface area (Å²) in [5.41, 5.74) is 0. The van der Waals surface area contributed by atoms with Gasteiger partial charge in [0.15, 0.2) is 0 Å². The summed E-state index contributed by atoms with van der Waals surface area (Å²) in [5.74, 6) is -0.838. The van der Waals surface area contributed by atoms with Crippen molar-refractivity contribution in [3.05, 3.63) is 0 Å². The van der Waals surface area contributed by atoms with Gasteiger partial charge in [-0.3, -0.25) is 4.79 Å². The van der Waals surface area contributed by atoms with Crippen LogP contribution in [0.2, 0.25) is 0 Å². The normalized spacial score (nSPS) is 23.2. The Hall–Kier alpha value is -1.79. The number of hydrogen-bond acceptors (Lipinski definition) is 4. The minimum Gasteiger partial charge on any atom is -0.480 e. The Morgan fingerprint density at radius 1 is 1.30 bits per heavy atom. The molecule has 3 atom stereocenters. The Bertz CT molecular complexity index is 375. The molecular formula is C13H22N2O5. The monoisotopic (exact) mass is 286 g/mol. The van der Waals surface area contributed by atoms with Gasteiger partial charge in [0.25, 0.3) is 0 Å². The fraction of sp³-hybridized carbons (Fsp3) is 0.769. The van der Waals surface area contributed by atoms with Crippen molar-refractivity contribution in [3.8, 4) is 0 Å². The molecule has 114 valence electrons. The molecular weight excluding hydrogens is 264 g/mol. The maximum atomic E-state index is 12.0. The Morgan fingerprint density at radius 3 is 2.30 bits per heavy atom. The van der Waals surface area contributed by atoms with Crippen LogP contribution in [0.15, 0.2) is 0 Å². The highest BCUT2D eigenvalue weighted by Crippen LogP contribution is 2.22. The molecule has 20 heavy (non-hydrogen) atoms. The van der Waals surface area contributed by atoms with E-state index >= 15 is 0 Å². The molecule has 0 radical (unpaired) electrons. The summed E-state index contributed by atoms with van der Waals surface area (Å²) >= 11 is 0. The van der Waals surface area contributed by atoms with Gasteiger partial charge in [0.2, 0.25) is 0 Å². The third-order valence-corrected chi connectivity index (χ3v) is 3.74. The first-order valence-electron chi connectivity index (χ1n) is 6.70. The van der Waals surface area contributed by atoms with Crippen molar-refractivity contribution < 1.29 is 24.2 Å². The molecule has 7 nitrogen and oxygen atoms in total. The largest absolute Gasteiger partial charge is 0.480 e. The number of amides is 2. The van der Waals surface area contributed by atoms with E-state index in [1.807, 2.05) is 0 Å². The number of nitrogens with one attached hydrogen (secondary N) is 1. The van der Waals surface area contributed by atoms with Crippen molar-refractivity contribution in [3.63, 3.8) is 0 Å². The van der Waals surface area contributed by atoms with Crippen molar-refractivity contribution in [1.82, 2.24) is 10.2 Å². The van der Waals surface area contributed by atoms with Crippen LogP contribution in [0.5, 0.6) is 0 Å².